The van der Waals surface area contributed by atoms with Crippen molar-refractivity contribution in [1.82, 2.24) is 20.0 Å². The summed E-state index contributed by atoms with van der Waals surface area (Å²) in [5.74, 6) is 0.655. The Hall–Kier alpha value is -2.14. The summed E-state index contributed by atoms with van der Waals surface area (Å²) in [6, 6.07) is 8.90. The number of amides is 1. The fourth-order valence-corrected chi connectivity index (χ4v) is 3.11. The molecule has 0 unspecified atom stereocenters. The number of carbonyl (C=O) groups excluding carboxylic acids is 1. The molecule has 1 aromatic heterocycles. The zero-order valence-corrected chi connectivity index (χ0v) is 14.7. The molecule has 1 aliphatic rings. The zero-order chi connectivity index (χ0) is 17.1. The lowest BCUT2D eigenvalue weighted by atomic mass is 10.0. The summed E-state index contributed by atoms with van der Waals surface area (Å²) in [5.41, 5.74) is 4.25. The van der Waals surface area contributed by atoms with Gasteiger partial charge in [0.2, 0.25) is 0 Å². The highest BCUT2D eigenvalue weighted by molar-refractivity contribution is 5.95. The van der Waals surface area contributed by atoms with Gasteiger partial charge in [-0.25, -0.2) is 0 Å². The Labute approximate surface area is 143 Å². The maximum Gasteiger partial charge on any atom is 0.257 e. The van der Waals surface area contributed by atoms with E-state index in [1.165, 1.54) is 11.1 Å². The van der Waals surface area contributed by atoms with Crippen LogP contribution in [0.3, 0.4) is 0 Å². The van der Waals surface area contributed by atoms with Crippen molar-refractivity contribution in [3.05, 3.63) is 52.8 Å². The van der Waals surface area contributed by atoms with Crippen molar-refractivity contribution in [1.29, 1.82) is 0 Å². The van der Waals surface area contributed by atoms with Gasteiger partial charge >= 0.3 is 0 Å². The third-order valence-electron chi connectivity index (χ3n) is 4.77. The van der Waals surface area contributed by atoms with Crippen molar-refractivity contribution in [2.45, 2.75) is 33.2 Å². The molecule has 2 aromatic rings. The number of benzene rings is 1. The van der Waals surface area contributed by atoms with Crippen LogP contribution in [-0.4, -0.2) is 52.1 Å². The monoisotopic (exact) mass is 326 g/mol. The molecule has 0 spiro atoms. The first-order chi connectivity index (χ1) is 11.5. The van der Waals surface area contributed by atoms with E-state index >= 15 is 0 Å². The highest BCUT2D eigenvalue weighted by Gasteiger charge is 2.23. The van der Waals surface area contributed by atoms with Crippen LogP contribution in [0.1, 0.15) is 46.9 Å². The summed E-state index contributed by atoms with van der Waals surface area (Å²) >= 11 is 0. The van der Waals surface area contributed by atoms with E-state index in [-0.39, 0.29) is 5.91 Å². The topological polar surface area (TPSA) is 52.2 Å². The summed E-state index contributed by atoms with van der Waals surface area (Å²) in [7, 11) is 0. The average Bonchev–Trinajstić information content (AvgIpc) is 3.01. The minimum absolute atomic E-state index is 0.0854. The fourth-order valence-electron chi connectivity index (χ4n) is 3.11. The molecule has 0 radical (unpaired) electrons. The van der Waals surface area contributed by atoms with E-state index in [2.05, 4.69) is 53.2 Å². The van der Waals surface area contributed by atoms with Crippen LogP contribution in [0.15, 0.2) is 30.5 Å². The van der Waals surface area contributed by atoms with E-state index in [4.69, 9.17) is 0 Å². The summed E-state index contributed by atoms with van der Waals surface area (Å²) in [6.07, 6.45) is 1.63. The van der Waals surface area contributed by atoms with Crippen molar-refractivity contribution >= 4 is 5.91 Å². The minimum atomic E-state index is 0.0854. The van der Waals surface area contributed by atoms with Crippen LogP contribution < -0.4 is 0 Å². The Morgan fingerprint density at radius 1 is 1.17 bits per heavy atom. The molecule has 1 N–H and O–H groups in total. The number of nitrogens with one attached hydrogen (secondary N) is 1. The summed E-state index contributed by atoms with van der Waals surface area (Å²) < 4.78 is 0. The highest BCUT2D eigenvalue weighted by Crippen LogP contribution is 2.17. The Bertz CT molecular complexity index is 682. The SMILES string of the molecule is Cc1[nH]ncc1C(=O)N1CCN(Cc2ccc(C(C)C)cc2)CC1. The van der Waals surface area contributed by atoms with E-state index < -0.39 is 0 Å². The molecule has 0 aliphatic carbocycles. The van der Waals surface area contributed by atoms with Gasteiger partial charge in [0.15, 0.2) is 0 Å². The molecule has 3 rings (SSSR count). The number of rotatable bonds is 4. The molecule has 5 nitrogen and oxygen atoms in total. The molecular weight excluding hydrogens is 300 g/mol. The Kier molecular flexibility index (Phi) is 5.00. The van der Waals surface area contributed by atoms with Gasteiger partial charge in [-0.2, -0.15) is 5.10 Å². The molecule has 0 saturated carbocycles. The van der Waals surface area contributed by atoms with Gasteiger partial charge in [0.25, 0.3) is 5.91 Å². The third kappa shape index (κ3) is 3.67. The maximum atomic E-state index is 12.5. The lowest BCUT2D eigenvalue weighted by Gasteiger charge is -2.34. The molecule has 1 aromatic carbocycles. The Balaban J connectivity index is 1.53. The highest BCUT2D eigenvalue weighted by atomic mass is 16.2. The number of H-pyrrole nitrogens is 1. The van der Waals surface area contributed by atoms with Gasteiger partial charge in [-0.15, -0.1) is 0 Å². The van der Waals surface area contributed by atoms with Crippen LogP contribution in [0.4, 0.5) is 0 Å². The summed E-state index contributed by atoms with van der Waals surface area (Å²) in [4.78, 5) is 16.8. The summed E-state index contributed by atoms with van der Waals surface area (Å²) in [6.45, 7) is 10.6. The molecule has 128 valence electrons. The molecule has 1 fully saturated rings. The van der Waals surface area contributed by atoms with E-state index in [0.29, 0.717) is 11.5 Å². The van der Waals surface area contributed by atoms with Gasteiger partial charge in [-0.05, 0) is 24.0 Å². The van der Waals surface area contributed by atoms with Crippen LogP contribution in [0.25, 0.3) is 0 Å². The first kappa shape index (κ1) is 16.7. The average molecular weight is 326 g/mol. The van der Waals surface area contributed by atoms with Gasteiger partial charge < -0.3 is 4.90 Å². The van der Waals surface area contributed by atoms with Crippen molar-refractivity contribution < 1.29 is 4.79 Å². The van der Waals surface area contributed by atoms with E-state index in [9.17, 15) is 4.79 Å². The molecule has 1 aliphatic heterocycles. The largest absolute Gasteiger partial charge is 0.336 e. The second kappa shape index (κ2) is 7.18. The van der Waals surface area contributed by atoms with Gasteiger partial charge in [0, 0.05) is 38.4 Å². The maximum absolute atomic E-state index is 12.5. The smallest absolute Gasteiger partial charge is 0.257 e. The van der Waals surface area contributed by atoms with Gasteiger partial charge in [-0.3, -0.25) is 14.8 Å². The number of aromatic nitrogens is 2. The molecular formula is C19H26N4O. The molecule has 2 heterocycles. The van der Waals surface area contributed by atoms with E-state index in [1.807, 2.05) is 11.8 Å². The summed E-state index contributed by atoms with van der Waals surface area (Å²) in [5, 5.41) is 6.78. The van der Waals surface area contributed by atoms with Crippen LogP contribution in [0.2, 0.25) is 0 Å². The second-order valence-electron chi connectivity index (χ2n) is 6.87. The predicted octanol–water partition coefficient (Wildman–Crippen LogP) is 2.80. The number of nitrogens with zero attached hydrogens (tertiary/aromatic N) is 3. The van der Waals surface area contributed by atoms with Crippen molar-refractivity contribution in [2.24, 2.45) is 0 Å². The molecule has 0 atom stereocenters. The van der Waals surface area contributed by atoms with Crippen molar-refractivity contribution in [3.63, 3.8) is 0 Å². The number of aromatic amines is 1. The first-order valence-corrected chi connectivity index (χ1v) is 8.65. The van der Waals surface area contributed by atoms with Crippen LogP contribution >= 0.6 is 0 Å². The fraction of sp³-hybridized carbons (Fsp3) is 0.474. The number of aryl methyl sites for hydroxylation is 1. The number of carbonyl (C=O) groups is 1. The minimum Gasteiger partial charge on any atom is -0.336 e. The molecule has 1 amide bonds. The van der Waals surface area contributed by atoms with Gasteiger partial charge in [0.1, 0.15) is 0 Å². The Morgan fingerprint density at radius 2 is 1.83 bits per heavy atom. The van der Waals surface area contributed by atoms with Gasteiger partial charge in [0.05, 0.1) is 11.8 Å². The van der Waals surface area contributed by atoms with Crippen molar-refractivity contribution in [3.8, 4) is 0 Å². The number of piperazine rings is 1. The molecule has 1 saturated heterocycles. The number of hydrogen-bond donors (Lipinski definition) is 1. The van der Waals surface area contributed by atoms with Gasteiger partial charge in [-0.1, -0.05) is 38.1 Å². The standard InChI is InChI=1S/C19H26N4O/c1-14(2)17-6-4-16(5-7-17)13-22-8-10-23(11-9-22)19(24)18-12-20-21-15(18)3/h4-7,12,14H,8-11,13H2,1-3H3,(H,20,21). The molecule has 5 heteroatoms. The molecule has 0 bridgehead atoms. The van der Waals surface area contributed by atoms with Crippen molar-refractivity contribution in [2.75, 3.05) is 26.2 Å². The van der Waals surface area contributed by atoms with E-state index in [0.717, 1.165) is 38.4 Å². The quantitative estimate of drug-likeness (QED) is 0.940. The lowest BCUT2D eigenvalue weighted by Crippen LogP contribution is -2.48. The van der Waals surface area contributed by atoms with Crippen LogP contribution in [-0.2, 0) is 6.54 Å². The lowest BCUT2D eigenvalue weighted by molar-refractivity contribution is 0.0628. The van der Waals surface area contributed by atoms with Crippen LogP contribution in [0.5, 0.6) is 0 Å². The van der Waals surface area contributed by atoms with Crippen LogP contribution in [0, 0.1) is 6.92 Å². The normalized spacial score (nSPS) is 15.9. The zero-order valence-electron chi connectivity index (χ0n) is 14.7. The first-order valence-electron chi connectivity index (χ1n) is 8.65. The second-order valence-corrected chi connectivity index (χ2v) is 6.87. The Morgan fingerprint density at radius 3 is 2.38 bits per heavy atom. The third-order valence-corrected chi connectivity index (χ3v) is 4.77. The van der Waals surface area contributed by atoms with E-state index in [1.54, 1.807) is 6.20 Å². The predicted molar refractivity (Wildman–Crippen MR) is 95.0 cm³/mol. The number of hydrogen-bond acceptors (Lipinski definition) is 3. The molecule has 24 heavy (non-hydrogen) atoms.